The van der Waals surface area contributed by atoms with Crippen LogP contribution in [0.5, 0.6) is 5.75 Å². The number of hydrogen-bond donors (Lipinski definition) is 4. The van der Waals surface area contributed by atoms with Crippen LogP contribution in [0, 0.1) is 5.41 Å². The van der Waals surface area contributed by atoms with Gasteiger partial charge in [-0.05, 0) is 74.7 Å². The molecule has 3 heterocycles. The van der Waals surface area contributed by atoms with Gasteiger partial charge in [0.1, 0.15) is 5.75 Å². The molecule has 0 radical (unpaired) electrons. The zero-order valence-corrected chi connectivity index (χ0v) is 21.8. The summed E-state index contributed by atoms with van der Waals surface area (Å²) in [6.45, 7) is 2.07. The van der Waals surface area contributed by atoms with Gasteiger partial charge in [0, 0.05) is 35.6 Å². The van der Waals surface area contributed by atoms with Crippen LogP contribution in [-0.2, 0) is 11.4 Å². The predicted octanol–water partition coefficient (Wildman–Crippen LogP) is 3.32. The highest BCUT2D eigenvalue weighted by Crippen LogP contribution is 2.40. The third-order valence-electron chi connectivity index (χ3n) is 7.29. The van der Waals surface area contributed by atoms with Crippen LogP contribution >= 0.6 is 11.8 Å². The maximum Gasteiger partial charge on any atom is 0.249 e. The number of methoxy groups -OCH3 is 1. The molecule has 2 aromatic heterocycles. The van der Waals surface area contributed by atoms with Crippen molar-refractivity contribution in [3.63, 3.8) is 0 Å². The molecule has 1 atom stereocenters. The van der Waals surface area contributed by atoms with Crippen molar-refractivity contribution in [2.45, 2.75) is 43.4 Å². The summed E-state index contributed by atoms with van der Waals surface area (Å²) >= 11 is 1.70. The van der Waals surface area contributed by atoms with Gasteiger partial charge in [0.25, 0.3) is 0 Å². The lowest BCUT2D eigenvalue weighted by molar-refractivity contribution is -0.143. The summed E-state index contributed by atoms with van der Waals surface area (Å²) < 4.78 is 5.35. The number of carbonyl (C=O) groups is 1. The molecule has 37 heavy (non-hydrogen) atoms. The number of thioether (sulfide) groups is 1. The number of ether oxygens (including phenoxy) is 1. The van der Waals surface area contributed by atoms with Gasteiger partial charge in [-0.1, -0.05) is 6.07 Å². The summed E-state index contributed by atoms with van der Waals surface area (Å²) in [6.07, 6.45) is 4.30. The Morgan fingerprint density at radius 1 is 1.24 bits per heavy atom. The lowest BCUT2D eigenvalue weighted by Gasteiger charge is -2.40. The molecule has 3 aromatic rings. The number of piperidine rings is 1. The maximum atomic E-state index is 12.8. The third-order valence-corrected chi connectivity index (χ3v) is 8.21. The van der Waals surface area contributed by atoms with Gasteiger partial charge < -0.3 is 19.8 Å². The van der Waals surface area contributed by atoms with E-state index in [0.29, 0.717) is 53.5 Å². The molecule has 0 saturated carbocycles. The highest BCUT2D eigenvalue weighted by molar-refractivity contribution is 7.99. The number of rotatable bonds is 11. The van der Waals surface area contributed by atoms with Crippen LogP contribution in [0.3, 0.4) is 0 Å². The van der Waals surface area contributed by atoms with Crippen molar-refractivity contribution >= 4 is 28.6 Å². The summed E-state index contributed by atoms with van der Waals surface area (Å²) in [6, 6.07) is 11.3. The number of aliphatic hydroxyl groups is 2. The van der Waals surface area contributed by atoms with E-state index in [1.807, 2.05) is 29.7 Å². The van der Waals surface area contributed by atoms with Crippen LogP contribution < -0.4 is 10.2 Å². The van der Waals surface area contributed by atoms with Gasteiger partial charge in [-0.15, -0.1) is 11.8 Å². The Morgan fingerprint density at radius 3 is 2.73 bits per heavy atom. The number of pyridine rings is 2. The standard InChI is InChI=1S/C27H34N4O5S/c1-36-20-5-6-22-21(16-20)25(19(18-32)17-29-22)23(33)7-8-27(26(34)30-35)9-12-31(13-10-27)14-15-37-24-4-2-3-11-28-24/h2-6,11,16-17,23,32-33,35H,7-10,12-15,18H2,1H3,(H,30,34). The molecule has 1 saturated heterocycles. The number of likely N-dealkylation sites (tertiary alicyclic amines) is 1. The van der Waals surface area contributed by atoms with Crippen LogP contribution in [-0.4, -0.2) is 68.7 Å². The largest absolute Gasteiger partial charge is 0.497 e. The fraction of sp³-hybridized carbons (Fsp3) is 0.444. The number of aromatic nitrogens is 2. The molecule has 4 rings (SSSR count). The molecule has 9 nitrogen and oxygen atoms in total. The Hall–Kier alpha value is -2.76. The number of hydroxylamine groups is 1. The van der Waals surface area contributed by atoms with Crippen LogP contribution in [0.2, 0.25) is 0 Å². The number of benzene rings is 1. The van der Waals surface area contributed by atoms with Gasteiger partial charge in [-0.25, -0.2) is 10.5 Å². The molecule has 1 amide bonds. The first-order valence-electron chi connectivity index (χ1n) is 12.4. The summed E-state index contributed by atoms with van der Waals surface area (Å²) in [5, 5.41) is 32.4. The monoisotopic (exact) mass is 526 g/mol. The average molecular weight is 527 g/mol. The van der Waals surface area contributed by atoms with E-state index in [9.17, 15) is 20.2 Å². The SMILES string of the molecule is COc1ccc2ncc(CO)c(C(O)CCC3(C(=O)NO)CCN(CCSc4ccccn4)CC3)c2c1. The molecule has 1 unspecified atom stereocenters. The van der Waals surface area contributed by atoms with Gasteiger partial charge in [-0.2, -0.15) is 0 Å². The van der Waals surface area contributed by atoms with E-state index >= 15 is 0 Å². The van der Waals surface area contributed by atoms with Crippen molar-refractivity contribution in [1.29, 1.82) is 0 Å². The second-order valence-electron chi connectivity index (χ2n) is 9.37. The van der Waals surface area contributed by atoms with Crippen molar-refractivity contribution < 1.29 is 25.0 Å². The summed E-state index contributed by atoms with van der Waals surface area (Å²) in [4.78, 5) is 23.9. The van der Waals surface area contributed by atoms with Gasteiger partial charge >= 0.3 is 0 Å². The Kier molecular flexibility index (Phi) is 9.33. The Morgan fingerprint density at radius 2 is 2.05 bits per heavy atom. The minimum Gasteiger partial charge on any atom is -0.497 e. The number of nitrogens with zero attached hydrogens (tertiary/aromatic N) is 3. The highest BCUT2D eigenvalue weighted by Gasteiger charge is 2.41. The average Bonchev–Trinajstić information content (AvgIpc) is 2.95. The molecule has 10 heteroatoms. The van der Waals surface area contributed by atoms with Gasteiger partial charge in [0.15, 0.2) is 0 Å². The van der Waals surface area contributed by atoms with E-state index in [-0.39, 0.29) is 6.61 Å². The van der Waals surface area contributed by atoms with Crippen LogP contribution in [0.25, 0.3) is 10.9 Å². The van der Waals surface area contributed by atoms with Crippen LogP contribution in [0.15, 0.2) is 53.8 Å². The second-order valence-corrected chi connectivity index (χ2v) is 10.5. The second kappa shape index (κ2) is 12.7. The smallest absolute Gasteiger partial charge is 0.249 e. The Labute approximate surface area is 220 Å². The normalized spacial score (nSPS) is 16.4. The van der Waals surface area contributed by atoms with Crippen molar-refractivity contribution in [2.75, 3.05) is 32.5 Å². The molecule has 0 aliphatic carbocycles. The highest BCUT2D eigenvalue weighted by atomic mass is 32.2. The molecule has 4 N–H and O–H groups in total. The third kappa shape index (κ3) is 6.39. The first kappa shape index (κ1) is 27.3. The number of aliphatic hydroxyl groups excluding tert-OH is 2. The van der Waals surface area contributed by atoms with E-state index < -0.39 is 17.4 Å². The molecule has 1 aromatic carbocycles. The summed E-state index contributed by atoms with van der Waals surface area (Å²) in [5.74, 6) is 1.12. The molecule has 0 bridgehead atoms. The minimum atomic E-state index is -0.920. The maximum absolute atomic E-state index is 12.8. The number of nitrogens with one attached hydrogen (secondary N) is 1. The van der Waals surface area contributed by atoms with Crippen LogP contribution in [0.1, 0.15) is 42.9 Å². The van der Waals surface area contributed by atoms with E-state index in [2.05, 4.69) is 14.9 Å². The molecule has 198 valence electrons. The first-order chi connectivity index (χ1) is 18.0. The zero-order valence-electron chi connectivity index (χ0n) is 21.0. The van der Waals surface area contributed by atoms with Crippen molar-refractivity contribution in [3.05, 3.63) is 59.9 Å². The van der Waals surface area contributed by atoms with Crippen molar-refractivity contribution in [1.82, 2.24) is 20.3 Å². The molecule has 0 spiro atoms. The fourth-order valence-electron chi connectivity index (χ4n) is 5.06. The first-order valence-corrected chi connectivity index (χ1v) is 13.4. The van der Waals surface area contributed by atoms with E-state index in [1.54, 1.807) is 43.4 Å². The van der Waals surface area contributed by atoms with E-state index in [4.69, 9.17) is 4.74 Å². The van der Waals surface area contributed by atoms with Gasteiger partial charge in [0.05, 0.1) is 35.8 Å². The molecular formula is C27H34N4O5S. The molecular weight excluding hydrogens is 492 g/mol. The lowest BCUT2D eigenvalue weighted by atomic mass is 9.73. The molecule has 1 aliphatic heterocycles. The zero-order chi connectivity index (χ0) is 26.3. The lowest BCUT2D eigenvalue weighted by Crippen LogP contribution is -2.48. The number of carbonyl (C=O) groups excluding carboxylic acids is 1. The number of hydrogen-bond acceptors (Lipinski definition) is 9. The van der Waals surface area contributed by atoms with Gasteiger partial charge in [0.2, 0.25) is 5.91 Å². The minimum absolute atomic E-state index is 0.264. The number of amides is 1. The van der Waals surface area contributed by atoms with Crippen molar-refractivity contribution in [2.24, 2.45) is 5.41 Å². The van der Waals surface area contributed by atoms with E-state index in [0.717, 1.165) is 30.4 Å². The van der Waals surface area contributed by atoms with Crippen LogP contribution in [0.4, 0.5) is 0 Å². The fourth-order valence-corrected chi connectivity index (χ4v) is 5.93. The van der Waals surface area contributed by atoms with E-state index in [1.165, 1.54) is 0 Å². The Balaban J connectivity index is 1.43. The van der Waals surface area contributed by atoms with Crippen molar-refractivity contribution in [3.8, 4) is 5.75 Å². The molecule has 1 aliphatic rings. The quantitative estimate of drug-likeness (QED) is 0.169. The topological polar surface area (TPSA) is 128 Å². The summed E-state index contributed by atoms with van der Waals surface area (Å²) in [7, 11) is 1.57. The van der Waals surface area contributed by atoms with Gasteiger partial charge in [-0.3, -0.25) is 15.0 Å². The molecule has 1 fully saturated rings. The Bertz CT molecular complexity index is 1180. The number of fused-ring (bicyclic) bond motifs is 1. The predicted molar refractivity (Wildman–Crippen MR) is 141 cm³/mol. The summed E-state index contributed by atoms with van der Waals surface area (Å²) in [5.41, 5.74) is 2.91.